The quantitative estimate of drug-likeness (QED) is 0.607. The number of rotatable bonds is 3. The van der Waals surface area contributed by atoms with Gasteiger partial charge in [-0.3, -0.25) is 4.79 Å². The molecule has 29 heavy (non-hydrogen) atoms. The highest BCUT2D eigenvalue weighted by Gasteiger charge is 2.27. The normalized spacial score (nSPS) is 13.7. The first-order valence-corrected chi connectivity index (χ1v) is 10.2. The van der Waals surface area contributed by atoms with Gasteiger partial charge in [0.25, 0.3) is 5.91 Å². The number of aryl methyl sites for hydroxylation is 2. The maximum atomic E-state index is 13.8. The number of hydrogen-bond donors (Lipinski definition) is 0. The zero-order chi connectivity index (χ0) is 20.5. The van der Waals surface area contributed by atoms with E-state index < -0.39 is 0 Å². The van der Waals surface area contributed by atoms with Crippen LogP contribution in [0.1, 0.15) is 46.6 Å². The van der Waals surface area contributed by atoms with Crippen LogP contribution in [0.4, 0.5) is 10.1 Å². The minimum absolute atomic E-state index is 0.124. The number of aromatic nitrogens is 2. The molecule has 1 amide bonds. The zero-order valence-electron chi connectivity index (χ0n) is 17.2. The Balaban J connectivity index is 1.78. The fourth-order valence-corrected chi connectivity index (χ4v) is 3.95. The highest BCUT2D eigenvalue weighted by Crippen LogP contribution is 2.29. The summed E-state index contributed by atoms with van der Waals surface area (Å²) in [6.45, 7) is 4.90. The molecule has 5 heteroatoms. The smallest absolute Gasteiger partial charge is 0.278 e. The van der Waals surface area contributed by atoms with Gasteiger partial charge in [0.1, 0.15) is 11.6 Å². The lowest BCUT2D eigenvalue weighted by Gasteiger charge is -2.18. The molecule has 0 saturated heterocycles. The summed E-state index contributed by atoms with van der Waals surface area (Å²) in [6, 6.07) is 12.5. The number of halogens is 1. The van der Waals surface area contributed by atoms with Crippen LogP contribution in [0.15, 0.2) is 42.5 Å². The summed E-state index contributed by atoms with van der Waals surface area (Å²) in [5, 5.41) is 0. The highest BCUT2D eigenvalue weighted by molar-refractivity contribution is 6.05. The third-order valence-electron chi connectivity index (χ3n) is 5.84. The average Bonchev–Trinajstić information content (AvgIpc) is 2.90. The van der Waals surface area contributed by atoms with Crippen molar-refractivity contribution in [2.75, 3.05) is 11.9 Å². The summed E-state index contributed by atoms with van der Waals surface area (Å²) in [5.74, 6) is 0.258. The van der Waals surface area contributed by atoms with Gasteiger partial charge >= 0.3 is 0 Å². The molecule has 0 saturated carbocycles. The number of carbonyl (C=O) groups is 1. The van der Waals surface area contributed by atoms with Crippen LogP contribution in [0.2, 0.25) is 0 Å². The van der Waals surface area contributed by atoms with Gasteiger partial charge in [0, 0.05) is 24.8 Å². The SMILES string of the molecule is Cc1ccc(N(C)C(=O)c2nc(-c3cccc(F)c3)n3c2CCCCC3)cc1C. The van der Waals surface area contributed by atoms with E-state index in [-0.39, 0.29) is 11.7 Å². The van der Waals surface area contributed by atoms with Crippen LogP contribution < -0.4 is 4.90 Å². The van der Waals surface area contributed by atoms with Crippen LogP contribution in [0.5, 0.6) is 0 Å². The van der Waals surface area contributed by atoms with E-state index in [0.717, 1.165) is 49.2 Å². The molecular weight excluding hydrogens is 365 g/mol. The molecule has 2 heterocycles. The molecule has 1 aromatic heterocycles. The van der Waals surface area contributed by atoms with Crippen molar-refractivity contribution < 1.29 is 9.18 Å². The molecule has 0 unspecified atom stereocenters. The van der Waals surface area contributed by atoms with Crippen molar-refractivity contribution in [3.05, 3.63) is 70.8 Å². The summed E-state index contributed by atoms with van der Waals surface area (Å²) in [7, 11) is 1.79. The number of fused-ring (bicyclic) bond motifs is 1. The largest absolute Gasteiger partial charge is 0.327 e. The molecule has 0 spiro atoms. The number of carbonyl (C=O) groups excluding carboxylic acids is 1. The van der Waals surface area contributed by atoms with Crippen molar-refractivity contribution in [3.63, 3.8) is 0 Å². The van der Waals surface area contributed by atoms with Crippen LogP contribution >= 0.6 is 0 Å². The molecule has 0 radical (unpaired) electrons. The Kier molecular flexibility index (Phi) is 5.22. The molecule has 0 atom stereocenters. The van der Waals surface area contributed by atoms with Gasteiger partial charge in [-0.15, -0.1) is 0 Å². The Labute approximate surface area is 171 Å². The maximum Gasteiger partial charge on any atom is 0.278 e. The molecule has 2 aromatic carbocycles. The third kappa shape index (κ3) is 3.69. The number of benzene rings is 2. The van der Waals surface area contributed by atoms with E-state index in [1.54, 1.807) is 18.0 Å². The van der Waals surface area contributed by atoms with E-state index in [2.05, 4.69) is 11.5 Å². The Bertz CT molecular complexity index is 1070. The molecule has 4 rings (SSSR count). The van der Waals surface area contributed by atoms with Crippen molar-refractivity contribution in [3.8, 4) is 11.4 Å². The second-order valence-corrected chi connectivity index (χ2v) is 7.84. The van der Waals surface area contributed by atoms with Crippen molar-refractivity contribution in [2.45, 2.75) is 46.1 Å². The molecule has 0 aliphatic carbocycles. The maximum absolute atomic E-state index is 13.8. The predicted octanol–water partition coefficient (Wildman–Crippen LogP) is 5.31. The first-order valence-electron chi connectivity index (χ1n) is 10.2. The van der Waals surface area contributed by atoms with Crippen LogP contribution in [0.3, 0.4) is 0 Å². The Morgan fingerprint density at radius 3 is 2.66 bits per heavy atom. The first kappa shape index (κ1) is 19.4. The van der Waals surface area contributed by atoms with E-state index in [9.17, 15) is 9.18 Å². The van der Waals surface area contributed by atoms with Gasteiger partial charge in [-0.2, -0.15) is 0 Å². The molecular formula is C24H26FN3O. The molecule has 4 nitrogen and oxygen atoms in total. The van der Waals surface area contributed by atoms with Crippen LogP contribution in [-0.4, -0.2) is 22.5 Å². The second kappa shape index (κ2) is 7.82. The number of amides is 1. The van der Waals surface area contributed by atoms with Crippen LogP contribution in [-0.2, 0) is 13.0 Å². The zero-order valence-corrected chi connectivity index (χ0v) is 17.2. The van der Waals surface area contributed by atoms with Gasteiger partial charge in [0.2, 0.25) is 0 Å². The van der Waals surface area contributed by atoms with Gasteiger partial charge in [-0.05, 0) is 68.5 Å². The van der Waals surface area contributed by atoms with E-state index in [1.165, 1.54) is 17.7 Å². The molecule has 1 aliphatic rings. The Hall–Kier alpha value is -2.95. The molecule has 0 bridgehead atoms. The summed E-state index contributed by atoms with van der Waals surface area (Å²) in [6.07, 6.45) is 3.99. The predicted molar refractivity (Wildman–Crippen MR) is 114 cm³/mol. The summed E-state index contributed by atoms with van der Waals surface area (Å²) < 4.78 is 16.0. The number of anilines is 1. The molecule has 1 aliphatic heterocycles. The highest BCUT2D eigenvalue weighted by atomic mass is 19.1. The first-order chi connectivity index (χ1) is 14.0. The van der Waals surface area contributed by atoms with Gasteiger partial charge in [0.15, 0.2) is 5.69 Å². The average molecular weight is 391 g/mol. The van der Waals surface area contributed by atoms with Crippen molar-refractivity contribution in [1.82, 2.24) is 9.55 Å². The third-order valence-corrected chi connectivity index (χ3v) is 5.84. The van der Waals surface area contributed by atoms with E-state index in [4.69, 9.17) is 4.98 Å². The lowest BCUT2D eigenvalue weighted by molar-refractivity contribution is 0.0987. The van der Waals surface area contributed by atoms with Crippen LogP contribution in [0.25, 0.3) is 11.4 Å². The molecule has 3 aromatic rings. The standard InChI is InChI=1S/C24H26FN3O/c1-16-11-12-20(14-17(16)2)27(3)24(29)22-21-10-5-4-6-13-28(21)23(26-22)18-8-7-9-19(25)15-18/h7-9,11-12,14-15H,4-6,10,13H2,1-3H3. The molecule has 0 N–H and O–H groups in total. The van der Waals surface area contributed by atoms with Gasteiger partial charge < -0.3 is 9.47 Å². The number of hydrogen-bond acceptors (Lipinski definition) is 2. The summed E-state index contributed by atoms with van der Waals surface area (Å²) in [4.78, 5) is 19.8. The minimum Gasteiger partial charge on any atom is -0.327 e. The van der Waals surface area contributed by atoms with Gasteiger partial charge in [-0.1, -0.05) is 24.6 Å². The monoisotopic (exact) mass is 391 g/mol. The van der Waals surface area contributed by atoms with Crippen molar-refractivity contribution >= 4 is 11.6 Å². The van der Waals surface area contributed by atoms with Crippen molar-refractivity contribution in [1.29, 1.82) is 0 Å². The van der Waals surface area contributed by atoms with Crippen molar-refractivity contribution in [2.24, 2.45) is 0 Å². The fraction of sp³-hybridized carbons (Fsp3) is 0.333. The van der Waals surface area contributed by atoms with Gasteiger partial charge in [0.05, 0.1) is 5.69 Å². The lowest BCUT2D eigenvalue weighted by Crippen LogP contribution is -2.27. The molecule has 150 valence electrons. The number of nitrogens with zero attached hydrogens (tertiary/aromatic N) is 3. The Morgan fingerprint density at radius 2 is 1.90 bits per heavy atom. The topological polar surface area (TPSA) is 38.1 Å². The van der Waals surface area contributed by atoms with Gasteiger partial charge in [-0.25, -0.2) is 9.37 Å². The van der Waals surface area contributed by atoms with E-state index >= 15 is 0 Å². The molecule has 0 fully saturated rings. The number of imidazole rings is 1. The second-order valence-electron chi connectivity index (χ2n) is 7.84. The summed E-state index contributed by atoms with van der Waals surface area (Å²) >= 11 is 0. The van der Waals surface area contributed by atoms with E-state index in [1.807, 2.05) is 31.2 Å². The fourth-order valence-electron chi connectivity index (χ4n) is 3.95. The summed E-state index contributed by atoms with van der Waals surface area (Å²) in [5.41, 5.74) is 5.33. The minimum atomic E-state index is -0.298. The van der Waals surface area contributed by atoms with E-state index in [0.29, 0.717) is 17.1 Å². The van der Waals surface area contributed by atoms with Crippen LogP contribution in [0, 0.1) is 19.7 Å². The Morgan fingerprint density at radius 1 is 1.07 bits per heavy atom. The lowest BCUT2D eigenvalue weighted by atomic mass is 10.1.